The molecule has 2 heterocycles. The maximum atomic E-state index is 6.42. The average Bonchev–Trinajstić information content (AvgIpc) is 2.83. The molecule has 0 unspecified atom stereocenters. The third-order valence-corrected chi connectivity index (χ3v) is 6.07. The van der Waals surface area contributed by atoms with E-state index in [1.165, 1.54) is 5.56 Å². The van der Waals surface area contributed by atoms with Crippen LogP contribution in [0.1, 0.15) is 30.2 Å². The smallest absolute Gasteiger partial charge is 0.119 e. The second-order valence-electron chi connectivity index (χ2n) is 7.94. The number of ether oxygens (including phenoxy) is 2. The Morgan fingerprint density at radius 2 is 1.68 bits per heavy atom. The SMILES string of the molecule is Clc1ccc([C@H](OCc2ccccn2)C2CCN(CCOc3ccccc3)CC2)cc1. The number of hydrogen-bond acceptors (Lipinski definition) is 4. The zero-order valence-corrected chi connectivity index (χ0v) is 18.5. The van der Waals surface area contributed by atoms with Gasteiger partial charge in [-0.15, -0.1) is 0 Å². The molecule has 1 aliphatic rings. The van der Waals surface area contributed by atoms with Gasteiger partial charge in [0.05, 0.1) is 18.4 Å². The number of piperidine rings is 1. The van der Waals surface area contributed by atoms with Crippen molar-refractivity contribution < 1.29 is 9.47 Å². The topological polar surface area (TPSA) is 34.6 Å². The number of rotatable bonds is 9. The summed E-state index contributed by atoms with van der Waals surface area (Å²) in [7, 11) is 0. The number of nitrogens with zero attached hydrogens (tertiary/aromatic N) is 2. The lowest BCUT2D eigenvalue weighted by Crippen LogP contribution is -2.38. The molecule has 0 spiro atoms. The van der Waals surface area contributed by atoms with Crippen molar-refractivity contribution in [3.05, 3.63) is 95.3 Å². The molecule has 0 bridgehead atoms. The number of likely N-dealkylation sites (tertiary alicyclic amines) is 1. The van der Waals surface area contributed by atoms with Crippen LogP contribution in [0.4, 0.5) is 0 Å². The van der Waals surface area contributed by atoms with Gasteiger partial charge in [-0.25, -0.2) is 0 Å². The normalized spacial score (nSPS) is 16.2. The summed E-state index contributed by atoms with van der Waals surface area (Å²) in [6.07, 6.45) is 4.05. The largest absolute Gasteiger partial charge is 0.492 e. The Bertz CT molecular complexity index is 898. The summed E-state index contributed by atoms with van der Waals surface area (Å²) in [5, 5.41) is 0.750. The van der Waals surface area contributed by atoms with Crippen molar-refractivity contribution in [1.82, 2.24) is 9.88 Å². The highest BCUT2D eigenvalue weighted by molar-refractivity contribution is 6.30. The number of halogens is 1. The Morgan fingerprint density at radius 3 is 2.39 bits per heavy atom. The molecule has 0 amide bonds. The van der Waals surface area contributed by atoms with Crippen LogP contribution in [-0.2, 0) is 11.3 Å². The van der Waals surface area contributed by atoms with Gasteiger partial charge in [-0.2, -0.15) is 0 Å². The van der Waals surface area contributed by atoms with Crippen LogP contribution >= 0.6 is 11.6 Å². The van der Waals surface area contributed by atoms with Gasteiger partial charge in [0, 0.05) is 17.8 Å². The molecule has 4 nitrogen and oxygen atoms in total. The van der Waals surface area contributed by atoms with E-state index in [1.54, 1.807) is 0 Å². The molecule has 2 aromatic carbocycles. The maximum absolute atomic E-state index is 6.42. The van der Waals surface area contributed by atoms with E-state index in [0.717, 1.165) is 48.9 Å². The van der Waals surface area contributed by atoms with E-state index in [1.807, 2.05) is 66.9 Å². The van der Waals surface area contributed by atoms with Crippen LogP contribution < -0.4 is 4.74 Å². The number of benzene rings is 2. The molecule has 1 saturated heterocycles. The summed E-state index contributed by atoms with van der Waals surface area (Å²) in [6.45, 7) is 4.28. The molecule has 1 aromatic heterocycles. The molecule has 4 rings (SSSR count). The first-order valence-corrected chi connectivity index (χ1v) is 11.3. The second-order valence-corrected chi connectivity index (χ2v) is 8.38. The minimum Gasteiger partial charge on any atom is -0.492 e. The van der Waals surface area contributed by atoms with Gasteiger partial charge in [-0.05, 0) is 73.8 Å². The molecule has 3 aromatic rings. The van der Waals surface area contributed by atoms with Gasteiger partial charge in [0.1, 0.15) is 12.4 Å². The first-order valence-electron chi connectivity index (χ1n) is 10.9. The molecule has 0 radical (unpaired) electrons. The quantitative estimate of drug-likeness (QED) is 0.425. The van der Waals surface area contributed by atoms with Gasteiger partial charge < -0.3 is 9.47 Å². The van der Waals surface area contributed by atoms with Crippen LogP contribution in [0.25, 0.3) is 0 Å². The minimum absolute atomic E-state index is 0.0435. The first-order chi connectivity index (χ1) is 15.3. The van der Waals surface area contributed by atoms with Crippen LogP contribution in [-0.4, -0.2) is 36.1 Å². The van der Waals surface area contributed by atoms with Gasteiger partial charge in [0.25, 0.3) is 0 Å². The van der Waals surface area contributed by atoms with E-state index in [9.17, 15) is 0 Å². The summed E-state index contributed by atoms with van der Waals surface area (Å²) < 4.78 is 12.3. The van der Waals surface area contributed by atoms with Gasteiger partial charge in [-0.3, -0.25) is 9.88 Å². The Hall–Kier alpha value is -2.40. The molecule has 1 atom stereocenters. The summed E-state index contributed by atoms with van der Waals surface area (Å²) >= 11 is 6.12. The van der Waals surface area contributed by atoms with E-state index < -0.39 is 0 Å². The molecule has 31 heavy (non-hydrogen) atoms. The van der Waals surface area contributed by atoms with E-state index >= 15 is 0 Å². The number of para-hydroxylation sites is 1. The fraction of sp³-hybridized carbons (Fsp3) is 0.346. The van der Waals surface area contributed by atoms with Gasteiger partial charge in [0.2, 0.25) is 0 Å². The van der Waals surface area contributed by atoms with Crippen molar-refractivity contribution in [3.8, 4) is 5.75 Å². The average molecular weight is 437 g/mol. The fourth-order valence-corrected chi connectivity index (χ4v) is 4.23. The van der Waals surface area contributed by atoms with Crippen LogP contribution in [0.2, 0.25) is 5.02 Å². The van der Waals surface area contributed by atoms with Crippen LogP contribution in [0.15, 0.2) is 79.0 Å². The van der Waals surface area contributed by atoms with Crippen molar-refractivity contribution in [3.63, 3.8) is 0 Å². The predicted molar refractivity (Wildman–Crippen MR) is 124 cm³/mol. The predicted octanol–water partition coefficient (Wildman–Crippen LogP) is 5.78. The Balaban J connectivity index is 1.32. The maximum Gasteiger partial charge on any atom is 0.119 e. The molecule has 0 saturated carbocycles. The van der Waals surface area contributed by atoms with Crippen LogP contribution in [0.5, 0.6) is 5.75 Å². The van der Waals surface area contributed by atoms with E-state index in [0.29, 0.717) is 19.1 Å². The Morgan fingerprint density at radius 1 is 0.935 bits per heavy atom. The Labute approximate surface area is 189 Å². The molecule has 1 fully saturated rings. The van der Waals surface area contributed by atoms with Crippen molar-refractivity contribution in [1.29, 1.82) is 0 Å². The number of hydrogen-bond donors (Lipinski definition) is 0. The third kappa shape index (κ3) is 6.54. The second kappa shape index (κ2) is 11.3. The molecule has 0 N–H and O–H groups in total. The van der Waals surface area contributed by atoms with Gasteiger partial charge in [0.15, 0.2) is 0 Å². The summed E-state index contributed by atoms with van der Waals surface area (Å²) in [6, 6.07) is 24.0. The highest BCUT2D eigenvalue weighted by Crippen LogP contribution is 2.35. The monoisotopic (exact) mass is 436 g/mol. The zero-order valence-electron chi connectivity index (χ0n) is 17.7. The highest BCUT2D eigenvalue weighted by Gasteiger charge is 2.28. The van der Waals surface area contributed by atoms with E-state index in [-0.39, 0.29) is 6.10 Å². The van der Waals surface area contributed by atoms with Crippen molar-refractivity contribution in [2.24, 2.45) is 5.92 Å². The molecular formula is C26H29ClN2O2. The van der Waals surface area contributed by atoms with Crippen LogP contribution in [0.3, 0.4) is 0 Å². The van der Waals surface area contributed by atoms with Crippen LogP contribution in [0, 0.1) is 5.92 Å². The summed E-state index contributed by atoms with van der Waals surface area (Å²) in [4.78, 5) is 6.89. The third-order valence-electron chi connectivity index (χ3n) is 5.82. The molecule has 162 valence electrons. The highest BCUT2D eigenvalue weighted by atomic mass is 35.5. The lowest BCUT2D eigenvalue weighted by molar-refractivity contribution is -0.0233. The Kier molecular flexibility index (Phi) is 7.94. The summed E-state index contributed by atoms with van der Waals surface area (Å²) in [5.74, 6) is 1.40. The first kappa shape index (κ1) is 21.8. The number of aromatic nitrogens is 1. The lowest BCUT2D eigenvalue weighted by Gasteiger charge is -2.36. The zero-order chi connectivity index (χ0) is 21.3. The lowest BCUT2D eigenvalue weighted by atomic mass is 9.87. The molecule has 1 aliphatic heterocycles. The molecule has 0 aliphatic carbocycles. The van der Waals surface area contributed by atoms with Gasteiger partial charge in [-0.1, -0.05) is 48.0 Å². The van der Waals surface area contributed by atoms with Crippen molar-refractivity contribution >= 4 is 11.6 Å². The van der Waals surface area contributed by atoms with E-state index in [4.69, 9.17) is 21.1 Å². The summed E-state index contributed by atoms with van der Waals surface area (Å²) in [5.41, 5.74) is 2.14. The minimum atomic E-state index is 0.0435. The van der Waals surface area contributed by atoms with Crippen molar-refractivity contribution in [2.45, 2.75) is 25.6 Å². The van der Waals surface area contributed by atoms with E-state index in [2.05, 4.69) is 22.0 Å². The molecular weight excluding hydrogens is 408 g/mol. The van der Waals surface area contributed by atoms with Gasteiger partial charge >= 0.3 is 0 Å². The number of pyridine rings is 1. The standard InChI is InChI=1S/C26H29ClN2O2/c27-23-11-9-21(10-12-23)26(31-20-24-6-4-5-15-28-24)22-13-16-29(17-14-22)18-19-30-25-7-2-1-3-8-25/h1-12,15,22,26H,13-14,16-20H2/t26-/m0/s1. The fourth-order valence-electron chi connectivity index (χ4n) is 4.10. The van der Waals surface area contributed by atoms with Crippen molar-refractivity contribution in [2.75, 3.05) is 26.2 Å². The molecule has 5 heteroatoms.